The van der Waals surface area contributed by atoms with Crippen LogP contribution in [0.15, 0.2) is 22.9 Å². The van der Waals surface area contributed by atoms with Crippen molar-refractivity contribution in [1.82, 2.24) is 4.57 Å². The Balaban J connectivity index is 2.81. The highest BCUT2D eigenvalue weighted by molar-refractivity contribution is 9.10. The van der Waals surface area contributed by atoms with Crippen LogP contribution >= 0.6 is 15.9 Å². The summed E-state index contributed by atoms with van der Waals surface area (Å²) >= 11 is 3.29. The third kappa shape index (κ3) is 2.59. The van der Waals surface area contributed by atoms with Gasteiger partial charge in [-0.25, -0.2) is 4.79 Å². The van der Waals surface area contributed by atoms with E-state index in [1.807, 2.05) is 13.0 Å². The maximum Gasteiger partial charge on any atom is 0.326 e. The Bertz CT molecular complexity index is 296. The van der Waals surface area contributed by atoms with Crippen molar-refractivity contribution in [2.75, 3.05) is 0 Å². The minimum Gasteiger partial charge on any atom is -0.480 e. The van der Waals surface area contributed by atoms with Gasteiger partial charge in [0.1, 0.15) is 6.04 Å². The normalized spacial score (nSPS) is 12.8. The van der Waals surface area contributed by atoms with Crippen LogP contribution in [-0.4, -0.2) is 15.6 Å². The van der Waals surface area contributed by atoms with Gasteiger partial charge in [-0.3, -0.25) is 0 Å². The van der Waals surface area contributed by atoms with E-state index in [-0.39, 0.29) is 0 Å². The molecule has 0 saturated heterocycles. The lowest BCUT2D eigenvalue weighted by Gasteiger charge is -2.12. The summed E-state index contributed by atoms with van der Waals surface area (Å²) in [5.74, 6) is -0.773. The summed E-state index contributed by atoms with van der Waals surface area (Å²) < 4.78 is 2.63. The minimum atomic E-state index is -0.773. The summed E-state index contributed by atoms with van der Waals surface area (Å²) in [5.41, 5.74) is 0. The van der Waals surface area contributed by atoms with E-state index in [0.29, 0.717) is 6.42 Å². The first-order chi connectivity index (χ1) is 6.15. The molecule has 0 aromatic carbocycles. The molecule has 4 heteroatoms. The Kier molecular flexibility index (Phi) is 3.54. The van der Waals surface area contributed by atoms with Crippen molar-refractivity contribution in [3.05, 3.63) is 22.9 Å². The molecule has 72 valence electrons. The number of carboxylic acids is 1. The van der Waals surface area contributed by atoms with Gasteiger partial charge in [0.15, 0.2) is 0 Å². The SMILES string of the molecule is CCCC(C(=O)O)n1ccc(Br)c1. The molecule has 0 saturated carbocycles. The molecule has 1 aromatic heterocycles. The van der Waals surface area contributed by atoms with E-state index in [1.165, 1.54) is 0 Å². The average molecular weight is 246 g/mol. The molecule has 1 N–H and O–H groups in total. The number of hydrogen-bond acceptors (Lipinski definition) is 1. The molecule has 1 unspecified atom stereocenters. The second-order valence-electron chi connectivity index (χ2n) is 2.92. The zero-order valence-electron chi connectivity index (χ0n) is 7.40. The topological polar surface area (TPSA) is 42.2 Å². The van der Waals surface area contributed by atoms with Crippen molar-refractivity contribution in [3.63, 3.8) is 0 Å². The smallest absolute Gasteiger partial charge is 0.326 e. The maximum atomic E-state index is 10.9. The molecule has 0 aliphatic rings. The first-order valence-corrected chi connectivity index (χ1v) is 5.00. The van der Waals surface area contributed by atoms with Gasteiger partial charge in [0.2, 0.25) is 0 Å². The Morgan fingerprint density at radius 1 is 1.77 bits per heavy atom. The van der Waals surface area contributed by atoms with Crippen LogP contribution in [0.2, 0.25) is 0 Å². The molecule has 0 aliphatic heterocycles. The van der Waals surface area contributed by atoms with Gasteiger partial charge in [0.05, 0.1) is 0 Å². The van der Waals surface area contributed by atoms with Gasteiger partial charge < -0.3 is 9.67 Å². The first-order valence-electron chi connectivity index (χ1n) is 4.21. The second-order valence-corrected chi connectivity index (χ2v) is 3.84. The minimum absolute atomic E-state index is 0.434. The lowest BCUT2D eigenvalue weighted by atomic mass is 10.2. The zero-order chi connectivity index (χ0) is 9.84. The number of rotatable bonds is 4. The molecule has 0 amide bonds. The molecule has 1 heterocycles. The third-order valence-corrected chi connectivity index (χ3v) is 2.35. The molecule has 0 bridgehead atoms. The summed E-state index contributed by atoms with van der Waals surface area (Å²) in [6.45, 7) is 1.98. The second kappa shape index (κ2) is 4.46. The van der Waals surface area contributed by atoms with E-state index in [1.54, 1.807) is 17.0 Å². The van der Waals surface area contributed by atoms with Crippen LogP contribution in [-0.2, 0) is 4.79 Å². The fourth-order valence-electron chi connectivity index (χ4n) is 1.25. The van der Waals surface area contributed by atoms with E-state index < -0.39 is 12.0 Å². The number of nitrogens with zero attached hydrogens (tertiary/aromatic N) is 1. The number of aromatic nitrogens is 1. The summed E-state index contributed by atoms with van der Waals surface area (Å²) in [6, 6.07) is 1.40. The summed E-state index contributed by atoms with van der Waals surface area (Å²) in [6.07, 6.45) is 5.09. The Hall–Kier alpha value is -0.770. The van der Waals surface area contributed by atoms with E-state index in [0.717, 1.165) is 10.9 Å². The molecule has 3 nitrogen and oxygen atoms in total. The quantitative estimate of drug-likeness (QED) is 0.887. The number of aliphatic carboxylic acids is 1. The van der Waals surface area contributed by atoms with Crippen molar-refractivity contribution < 1.29 is 9.90 Å². The number of carbonyl (C=O) groups is 1. The van der Waals surface area contributed by atoms with Crippen LogP contribution in [0.1, 0.15) is 25.8 Å². The average Bonchev–Trinajstić information content (AvgIpc) is 2.46. The molecule has 1 rings (SSSR count). The van der Waals surface area contributed by atoms with Crippen LogP contribution in [0.5, 0.6) is 0 Å². The number of halogens is 1. The predicted molar refractivity (Wildman–Crippen MR) is 53.7 cm³/mol. The summed E-state index contributed by atoms with van der Waals surface area (Å²) in [4.78, 5) is 10.9. The zero-order valence-corrected chi connectivity index (χ0v) is 8.99. The van der Waals surface area contributed by atoms with Gasteiger partial charge in [-0.05, 0) is 28.4 Å². The summed E-state index contributed by atoms with van der Waals surface area (Å²) in [5, 5.41) is 8.93. The summed E-state index contributed by atoms with van der Waals surface area (Å²) in [7, 11) is 0. The highest BCUT2D eigenvalue weighted by atomic mass is 79.9. The van der Waals surface area contributed by atoms with Gasteiger partial charge in [-0.1, -0.05) is 13.3 Å². The van der Waals surface area contributed by atoms with Gasteiger partial charge in [-0.15, -0.1) is 0 Å². The van der Waals surface area contributed by atoms with E-state index >= 15 is 0 Å². The van der Waals surface area contributed by atoms with Crippen LogP contribution < -0.4 is 0 Å². The van der Waals surface area contributed by atoms with Crippen molar-refractivity contribution in [3.8, 4) is 0 Å². The van der Waals surface area contributed by atoms with Crippen LogP contribution in [0.3, 0.4) is 0 Å². The van der Waals surface area contributed by atoms with Crippen molar-refractivity contribution in [2.24, 2.45) is 0 Å². The predicted octanol–water partition coefficient (Wildman–Crippen LogP) is 2.68. The molecular weight excluding hydrogens is 234 g/mol. The molecule has 1 aromatic rings. The fraction of sp³-hybridized carbons (Fsp3) is 0.444. The number of carboxylic acid groups (broad SMARTS) is 1. The lowest BCUT2D eigenvalue weighted by Crippen LogP contribution is -2.17. The van der Waals surface area contributed by atoms with Crippen LogP contribution in [0, 0.1) is 0 Å². The molecule has 0 aliphatic carbocycles. The molecular formula is C9H12BrNO2. The van der Waals surface area contributed by atoms with Crippen LogP contribution in [0.25, 0.3) is 0 Å². The van der Waals surface area contributed by atoms with Gasteiger partial charge in [0, 0.05) is 16.9 Å². The van der Waals surface area contributed by atoms with Crippen molar-refractivity contribution in [1.29, 1.82) is 0 Å². The number of hydrogen-bond donors (Lipinski definition) is 1. The van der Waals surface area contributed by atoms with E-state index in [4.69, 9.17) is 5.11 Å². The van der Waals surface area contributed by atoms with Crippen molar-refractivity contribution in [2.45, 2.75) is 25.8 Å². The largest absolute Gasteiger partial charge is 0.480 e. The molecule has 0 spiro atoms. The standard InChI is InChI=1S/C9H12BrNO2/c1-2-3-8(9(12)13)11-5-4-7(10)6-11/h4-6,8H,2-3H2,1H3,(H,12,13). The maximum absolute atomic E-state index is 10.9. The van der Waals surface area contributed by atoms with Gasteiger partial charge >= 0.3 is 5.97 Å². The molecule has 0 fully saturated rings. The first kappa shape index (κ1) is 10.3. The van der Waals surface area contributed by atoms with Gasteiger partial charge in [-0.2, -0.15) is 0 Å². The third-order valence-electron chi connectivity index (χ3n) is 1.89. The highest BCUT2D eigenvalue weighted by Crippen LogP contribution is 2.18. The Morgan fingerprint density at radius 3 is 2.85 bits per heavy atom. The Labute approximate surface area is 85.5 Å². The van der Waals surface area contributed by atoms with Crippen LogP contribution in [0.4, 0.5) is 0 Å². The molecule has 1 atom stereocenters. The highest BCUT2D eigenvalue weighted by Gasteiger charge is 2.17. The van der Waals surface area contributed by atoms with E-state index in [2.05, 4.69) is 15.9 Å². The Morgan fingerprint density at radius 2 is 2.46 bits per heavy atom. The monoisotopic (exact) mass is 245 g/mol. The fourth-order valence-corrected chi connectivity index (χ4v) is 1.61. The lowest BCUT2D eigenvalue weighted by molar-refractivity contribution is -0.141. The van der Waals surface area contributed by atoms with Gasteiger partial charge in [0.25, 0.3) is 0 Å². The van der Waals surface area contributed by atoms with E-state index in [9.17, 15) is 4.79 Å². The molecule has 13 heavy (non-hydrogen) atoms. The van der Waals surface area contributed by atoms with Crippen molar-refractivity contribution >= 4 is 21.9 Å². The molecule has 0 radical (unpaired) electrons.